The average molecular weight is 1230 g/mol. The number of esters is 4. The number of hydrogen-bond acceptors (Lipinski definition) is 20. The zero-order valence-corrected chi connectivity index (χ0v) is 52.7. The molecule has 2 fully saturated rings. The summed E-state index contributed by atoms with van der Waals surface area (Å²) in [5.74, 6) is -9.63. The summed E-state index contributed by atoms with van der Waals surface area (Å²) >= 11 is 0. The lowest BCUT2D eigenvalue weighted by Crippen LogP contribution is -2.64. The van der Waals surface area contributed by atoms with Crippen molar-refractivity contribution in [3.05, 3.63) is 65.2 Å². The third-order valence-corrected chi connectivity index (χ3v) is 15.8. The van der Waals surface area contributed by atoms with E-state index in [2.05, 4.69) is 10.6 Å². The van der Waals surface area contributed by atoms with Gasteiger partial charge >= 0.3 is 35.9 Å². The lowest BCUT2D eigenvalue weighted by Gasteiger charge is -2.43. The summed E-state index contributed by atoms with van der Waals surface area (Å²) < 4.78 is 50.1. The average Bonchev–Trinajstić information content (AvgIpc) is 4.22. The Kier molecular flexibility index (Phi) is 27.4. The Labute approximate surface area is 508 Å². The molecule has 5 amide bonds. The van der Waals surface area contributed by atoms with Crippen LogP contribution in [0.25, 0.3) is 0 Å². The monoisotopic (exact) mass is 1230 g/mol. The van der Waals surface area contributed by atoms with Crippen LogP contribution in [0.4, 0.5) is 4.79 Å². The van der Waals surface area contributed by atoms with Crippen molar-refractivity contribution in [3.63, 3.8) is 0 Å². The first-order chi connectivity index (χ1) is 40.9. The molecule has 2 aliphatic heterocycles. The van der Waals surface area contributed by atoms with E-state index in [9.17, 15) is 58.2 Å². The molecule has 0 aromatic heterocycles. The molecular formula is C61H89N5O21. The lowest BCUT2D eigenvalue weighted by molar-refractivity contribution is -0.282. The van der Waals surface area contributed by atoms with Crippen molar-refractivity contribution >= 4 is 59.6 Å². The zero-order valence-electron chi connectivity index (χ0n) is 52.7. The van der Waals surface area contributed by atoms with Crippen molar-refractivity contribution in [3.8, 4) is 5.75 Å². The number of rotatable bonds is 29. The summed E-state index contributed by atoms with van der Waals surface area (Å²) in [6.07, 6.45) is -10.7. The minimum atomic E-state index is -1.88. The van der Waals surface area contributed by atoms with Gasteiger partial charge in [-0.25, -0.2) is 14.4 Å². The summed E-state index contributed by atoms with van der Waals surface area (Å²) in [6.45, 7) is 17.1. The van der Waals surface area contributed by atoms with Gasteiger partial charge in [0.25, 0.3) is 0 Å². The Hall–Kier alpha value is -7.42. The summed E-state index contributed by atoms with van der Waals surface area (Å²) in [5, 5.41) is 27.1. The highest BCUT2D eigenvalue weighted by molar-refractivity contribution is 5.92. The number of aliphatic hydroxyl groups excluding tert-OH is 1. The van der Waals surface area contributed by atoms with Crippen molar-refractivity contribution in [2.45, 2.75) is 188 Å². The van der Waals surface area contributed by atoms with E-state index < -0.39 is 163 Å². The molecule has 2 aromatic carbocycles. The third-order valence-electron chi connectivity index (χ3n) is 15.8. The number of nitrogens with one attached hydrogen (secondary N) is 2. The van der Waals surface area contributed by atoms with Crippen LogP contribution in [0.3, 0.4) is 0 Å². The van der Waals surface area contributed by atoms with E-state index in [4.69, 9.17) is 42.6 Å². The molecule has 4 N–H and O–H groups in total. The number of carbonyl (C=O) groups excluding carboxylic acids is 9. The fraction of sp³-hybridized carbons (Fsp3) is 0.639. The van der Waals surface area contributed by atoms with Crippen molar-refractivity contribution in [1.29, 1.82) is 0 Å². The minimum Gasteiger partial charge on any atom is -0.478 e. The largest absolute Gasteiger partial charge is 0.478 e. The SMILES string of the molecule is CCC(C)[C@@H]([C@@H](CC(=O)N1CCC[C@H]1[C@H](OC)[C@@H](C)C(=O)N[C@H](C)[C@@H](O)c1ccccc1)OC)N(C)C(=O)[C@@H](NC(=O)[C@H](C(C)C)N(C)C(=O)OCc1ccc(O[C@@H]2O[C@H](C(=O)OC)[C@@H](OC(C)=O)[C@H](OC(C)=O)[C@H]2OC(C)=O)c(C(=O)O)c1)C(C)C. The number of carboxylic acid groups (broad SMARTS) is 1. The van der Waals surface area contributed by atoms with Gasteiger partial charge in [0, 0.05) is 55.6 Å². The molecule has 0 saturated carbocycles. The molecule has 0 radical (unpaired) electrons. The maximum atomic E-state index is 14.8. The summed E-state index contributed by atoms with van der Waals surface area (Å²) in [6, 6.07) is 8.50. The molecule has 26 heteroatoms. The summed E-state index contributed by atoms with van der Waals surface area (Å²) in [4.78, 5) is 138. The predicted octanol–water partition coefficient (Wildman–Crippen LogP) is 4.35. The first kappa shape index (κ1) is 72.1. The van der Waals surface area contributed by atoms with Crippen LogP contribution in [0.15, 0.2) is 48.5 Å². The van der Waals surface area contributed by atoms with Gasteiger partial charge in [-0.2, -0.15) is 0 Å². The van der Waals surface area contributed by atoms with Crippen LogP contribution in [0.1, 0.15) is 129 Å². The number of nitrogens with zero attached hydrogens (tertiary/aromatic N) is 3. The number of likely N-dealkylation sites (N-methyl/N-ethyl adjacent to an activating group) is 2. The fourth-order valence-electron chi connectivity index (χ4n) is 11.2. The van der Waals surface area contributed by atoms with Crippen LogP contribution in [0.2, 0.25) is 0 Å². The van der Waals surface area contributed by atoms with Crippen LogP contribution in [0, 0.1) is 23.7 Å². The molecule has 484 valence electrons. The van der Waals surface area contributed by atoms with Gasteiger partial charge in [0.2, 0.25) is 36.0 Å². The maximum absolute atomic E-state index is 14.8. The Morgan fingerprint density at radius 2 is 1.37 bits per heavy atom. The van der Waals surface area contributed by atoms with Gasteiger partial charge in [-0.05, 0) is 60.8 Å². The highest BCUT2D eigenvalue weighted by Gasteiger charge is 2.56. The molecular weight excluding hydrogens is 1140 g/mol. The molecule has 2 heterocycles. The van der Waals surface area contributed by atoms with Gasteiger partial charge in [0.15, 0.2) is 18.3 Å². The van der Waals surface area contributed by atoms with Crippen LogP contribution < -0.4 is 15.4 Å². The van der Waals surface area contributed by atoms with Gasteiger partial charge in [0.1, 0.15) is 30.0 Å². The van der Waals surface area contributed by atoms with Gasteiger partial charge in [-0.3, -0.25) is 38.5 Å². The summed E-state index contributed by atoms with van der Waals surface area (Å²) in [5.41, 5.74) is 0.239. The third kappa shape index (κ3) is 18.8. The molecule has 2 saturated heterocycles. The van der Waals surface area contributed by atoms with Crippen molar-refractivity contribution in [2.75, 3.05) is 42.0 Å². The first-order valence-electron chi connectivity index (χ1n) is 29.1. The van der Waals surface area contributed by atoms with Crippen LogP contribution in [-0.2, 0) is 82.9 Å². The number of benzene rings is 2. The summed E-state index contributed by atoms with van der Waals surface area (Å²) in [7, 11) is 6.89. The Bertz CT molecular complexity index is 2710. The number of ether oxygens (including phenoxy) is 9. The number of carbonyl (C=O) groups is 10. The number of hydrogen-bond donors (Lipinski definition) is 4. The molecule has 0 spiro atoms. The van der Waals surface area contributed by atoms with E-state index in [1.807, 2.05) is 19.9 Å². The van der Waals surface area contributed by atoms with E-state index in [1.165, 1.54) is 32.2 Å². The lowest BCUT2D eigenvalue weighted by atomic mass is 9.89. The highest BCUT2D eigenvalue weighted by Crippen LogP contribution is 2.34. The number of amides is 5. The number of aromatic carboxylic acids is 1. The van der Waals surface area contributed by atoms with Gasteiger partial charge < -0.3 is 73.3 Å². The number of carboxylic acids is 1. The molecule has 2 aromatic rings. The van der Waals surface area contributed by atoms with Gasteiger partial charge in [0.05, 0.1) is 55.9 Å². The maximum Gasteiger partial charge on any atom is 0.410 e. The Morgan fingerprint density at radius 1 is 0.759 bits per heavy atom. The van der Waals surface area contributed by atoms with Crippen molar-refractivity contribution < 1.29 is 101 Å². The van der Waals surface area contributed by atoms with E-state index in [-0.39, 0.29) is 29.7 Å². The topological polar surface area (TPSA) is 328 Å². The smallest absolute Gasteiger partial charge is 0.410 e. The number of likely N-dealkylation sites (tertiary alicyclic amines) is 1. The van der Waals surface area contributed by atoms with E-state index in [1.54, 1.807) is 77.8 Å². The second-order valence-electron chi connectivity index (χ2n) is 22.8. The number of methoxy groups -OCH3 is 3. The van der Waals surface area contributed by atoms with E-state index in [0.29, 0.717) is 31.4 Å². The normalized spacial score (nSPS) is 21.5. The molecule has 15 atom stereocenters. The molecule has 1 unspecified atom stereocenters. The molecule has 87 heavy (non-hydrogen) atoms. The van der Waals surface area contributed by atoms with E-state index >= 15 is 0 Å². The quantitative estimate of drug-likeness (QED) is 0.0650. The molecule has 4 rings (SSSR count). The van der Waals surface area contributed by atoms with E-state index in [0.717, 1.165) is 44.9 Å². The molecule has 26 nitrogen and oxygen atoms in total. The Balaban J connectivity index is 1.50. The minimum absolute atomic E-state index is 0.120. The second kappa shape index (κ2) is 33.1. The van der Waals surface area contributed by atoms with Crippen LogP contribution >= 0.6 is 0 Å². The van der Waals surface area contributed by atoms with Crippen LogP contribution in [-0.4, -0.2) is 200 Å². The zero-order chi connectivity index (χ0) is 65.3. The standard InChI is InChI=1S/C61H89N5O21/c1-17-33(6)48(44(79-14)29-45(70)66-27-21-24-42(66)50(80-15)34(7)55(72)62-35(8)49(71)40-22-19-18-20-23-40)64(12)57(74)46(31(2)3)63-56(73)47(32(4)5)65(13)61(78)82-30-39-25-26-43(41(28-39)58(75)76)86-60-54(85-38(11)69)52(84-37(10)68)51(83-36(9)67)53(87-60)59(77)81-16/h18-20,22-23,25-26,28,31-35,42,44,46-54,60,71H,17,21,24,27,29-30H2,1-16H3,(H,62,72)(H,63,73)(H,75,76)/t33?,34-,35-,42+,44-,46+,47+,48+,49-,50-,51+,52+,53+,54-,60-/m1/s1. The second-order valence-corrected chi connectivity index (χ2v) is 22.8. The van der Waals surface area contributed by atoms with Gasteiger partial charge in [-0.1, -0.05) is 91.3 Å². The van der Waals surface area contributed by atoms with Gasteiger partial charge in [-0.15, -0.1) is 0 Å². The van der Waals surface area contributed by atoms with Crippen molar-refractivity contribution in [2.24, 2.45) is 23.7 Å². The van der Waals surface area contributed by atoms with Crippen molar-refractivity contribution in [1.82, 2.24) is 25.3 Å². The fourth-order valence-corrected chi connectivity index (χ4v) is 11.2. The number of aliphatic hydroxyl groups is 1. The highest BCUT2D eigenvalue weighted by atomic mass is 16.7. The molecule has 0 bridgehead atoms. The molecule has 2 aliphatic rings. The predicted molar refractivity (Wildman–Crippen MR) is 310 cm³/mol. The molecule has 0 aliphatic carbocycles. The first-order valence-corrected chi connectivity index (χ1v) is 29.1. The Morgan fingerprint density at radius 3 is 1.91 bits per heavy atom. The van der Waals surface area contributed by atoms with Crippen LogP contribution in [0.5, 0.6) is 5.75 Å².